The first-order valence-corrected chi connectivity index (χ1v) is 9.19. The lowest BCUT2D eigenvalue weighted by Gasteiger charge is -2.29. The fourth-order valence-corrected chi connectivity index (χ4v) is 3.73. The van der Waals surface area contributed by atoms with E-state index in [4.69, 9.17) is 0 Å². The first kappa shape index (κ1) is 17.7. The normalized spacial score (nSPS) is 19.6. The largest absolute Gasteiger partial charge is 0.342 e. The van der Waals surface area contributed by atoms with Crippen molar-refractivity contribution in [2.45, 2.75) is 25.8 Å². The van der Waals surface area contributed by atoms with Gasteiger partial charge in [-0.05, 0) is 43.5 Å². The Hall–Kier alpha value is -2.08. The lowest BCUT2D eigenvalue weighted by atomic mass is 10.0. The van der Waals surface area contributed by atoms with Gasteiger partial charge in [-0.25, -0.2) is 4.79 Å². The second-order valence-corrected chi connectivity index (χ2v) is 6.97. The summed E-state index contributed by atoms with van der Waals surface area (Å²) in [6, 6.07) is 8.18. The molecule has 2 N–H and O–H groups in total. The third-order valence-corrected chi connectivity index (χ3v) is 5.16. The summed E-state index contributed by atoms with van der Waals surface area (Å²) in [5, 5.41) is 6.07. The Morgan fingerprint density at radius 3 is 2.76 bits per heavy atom. The molecule has 0 aliphatic carbocycles. The van der Waals surface area contributed by atoms with Crippen LogP contribution in [-0.2, 0) is 17.8 Å². The molecule has 6 nitrogen and oxygen atoms in total. The van der Waals surface area contributed by atoms with Crippen LogP contribution in [0, 0.1) is 5.92 Å². The highest BCUT2D eigenvalue weighted by Gasteiger charge is 2.25. The van der Waals surface area contributed by atoms with Crippen molar-refractivity contribution in [2.24, 2.45) is 5.92 Å². The number of urea groups is 1. The molecule has 1 atom stereocenters. The van der Waals surface area contributed by atoms with Gasteiger partial charge in [0.25, 0.3) is 0 Å². The van der Waals surface area contributed by atoms with Gasteiger partial charge in [-0.2, -0.15) is 0 Å². The van der Waals surface area contributed by atoms with Gasteiger partial charge in [0.2, 0.25) is 5.91 Å². The van der Waals surface area contributed by atoms with Gasteiger partial charge in [0.15, 0.2) is 0 Å². The van der Waals surface area contributed by atoms with Crippen LogP contribution >= 0.6 is 0 Å². The fraction of sp³-hybridized carbons (Fsp3) is 0.579. The zero-order chi connectivity index (χ0) is 17.6. The number of amides is 3. The highest BCUT2D eigenvalue weighted by Crippen LogP contribution is 2.18. The minimum Gasteiger partial charge on any atom is -0.342 e. The van der Waals surface area contributed by atoms with E-state index < -0.39 is 0 Å². The zero-order valence-corrected chi connectivity index (χ0v) is 15.0. The minimum atomic E-state index is -0.0724. The average molecular weight is 344 g/mol. The summed E-state index contributed by atoms with van der Waals surface area (Å²) in [5.41, 5.74) is 2.54. The van der Waals surface area contributed by atoms with E-state index in [-0.39, 0.29) is 11.9 Å². The maximum absolute atomic E-state index is 12.3. The zero-order valence-electron chi connectivity index (χ0n) is 15.0. The average Bonchev–Trinajstić information content (AvgIpc) is 3.10. The number of hydrogen-bond acceptors (Lipinski definition) is 3. The van der Waals surface area contributed by atoms with Crippen LogP contribution in [-0.4, -0.2) is 61.5 Å². The first-order chi connectivity index (χ1) is 12.2. The van der Waals surface area contributed by atoms with Crippen LogP contribution in [0.15, 0.2) is 24.3 Å². The van der Waals surface area contributed by atoms with Gasteiger partial charge < -0.3 is 20.4 Å². The van der Waals surface area contributed by atoms with Crippen molar-refractivity contribution in [3.8, 4) is 0 Å². The second kappa shape index (κ2) is 8.34. The maximum atomic E-state index is 12.3. The van der Waals surface area contributed by atoms with E-state index in [9.17, 15) is 9.59 Å². The molecule has 1 aromatic carbocycles. The van der Waals surface area contributed by atoms with Gasteiger partial charge in [0, 0.05) is 39.1 Å². The Kier molecular flexibility index (Phi) is 5.91. The van der Waals surface area contributed by atoms with E-state index in [2.05, 4.69) is 22.8 Å². The lowest BCUT2D eigenvalue weighted by Crippen LogP contribution is -2.43. The molecule has 2 aliphatic heterocycles. The molecular formula is C19H28N4O2. The van der Waals surface area contributed by atoms with E-state index in [0.29, 0.717) is 25.4 Å². The molecule has 1 fully saturated rings. The summed E-state index contributed by atoms with van der Waals surface area (Å²) in [7, 11) is 1.94. The molecular weight excluding hydrogens is 316 g/mol. The lowest BCUT2D eigenvalue weighted by molar-refractivity contribution is -0.130. The minimum absolute atomic E-state index is 0.0724. The first-order valence-electron chi connectivity index (χ1n) is 9.19. The molecule has 1 aromatic rings. The number of carbonyl (C=O) groups is 2. The number of nitrogens with zero attached hydrogens (tertiary/aromatic N) is 2. The van der Waals surface area contributed by atoms with Gasteiger partial charge in [0.1, 0.15) is 0 Å². The van der Waals surface area contributed by atoms with Gasteiger partial charge in [0.05, 0.1) is 0 Å². The number of benzene rings is 1. The Bertz CT molecular complexity index is 619. The van der Waals surface area contributed by atoms with E-state index in [1.807, 2.05) is 29.0 Å². The summed E-state index contributed by atoms with van der Waals surface area (Å²) in [5.74, 6) is 0.694. The molecule has 3 rings (SSSR count). The number of rotatable bonds is 5. The Labute approximate surface area is 149 Å². The topological polar surface area (TPSA) is 64.7 Å². The molecule has 0 radical (unpaired) electrons. The van der Waals surface area contributed by atoms with Crippen LogP contribution in [0.3, 0.4) is 0 Å². The van der Waals surface area contributed by atoms with Crippen molar-refractivity contribution in [3.63, 3.8) is 0 Å². The van der Waals surface area contributed by atoms with E-state index in [1.54, 1.807) is 0 Å². The van der Waals surface area contributed by atoms with Crippen LogP contribution in [0.2, 0.25) is 0 Å². The molecule has 136 valence electrons. The van der Waals surface area contributed by atoms with Crippen LogP contribution in [0.25, 0.3) is 0 Å². The number of carbonyl (C=O) groups excluding carboxylic acids is 2. The van der Waals surface area contributed by atoms with Crippen LogP contribution in [0.4, 0.5) is 4.79 Å². The van der Waals surface area contributed by atoms with Crippen molar-refractivity contribution < 1.29 is 9.59 Å². The van der Waals surface area contributed by atoms with Gasteiger partial charge in [-0.3, -0.25) is 4.79 Å². The van der Waals surface area contributed by atoms with E-state index in [1.165, 1.54) is 11.1 Å². The number of hydrogen-bond donors (Lipinski definition) is 2. The molecule has 2 heterocycles. The van der Waals surface area contributed by atoms with Crippen molar-refractivity contribution in [1.29, 1.82) is 0 Å². The molecule has 0 bridgehead atoms. The third kappa shape index (κ3) is 4.51. The van der Waals surface area contributed by atoms with Gasteiger partial charge in [-0.15, -0.1) is 0 Å². The monoisotopic (exact) mass is 344 g/mol. The molecule has 6 heteroatoms. The van der Waals surface area contributed by atoms with Crippen molar-refractivity contribution in [2.75, 3.05) is 39.8 Å². The van der Waals surface area contributed by atoms with Crippen molar-refractivity contribution in [3.05, 3.63) is 35.4 Å². The molecule has 3 amide bonds. The quantitative estimate of drug-likeness (QED) is 0.844. The summed E-state index contributed by atoms with van der Waals surface area (Å²) in [4.78, 5) is 28.3. The Morgan fingerprint density at radius 1 is 1.16 bits per heavy atom. The second-order valence-electron chi connectivity index (χ2n) is 6.97. The Balaban J connectivity index is 1.39. The summed E-state index contributed by atoms with van der Waals surface area (Å²) >= 11 is 0. The smallest absolute Gasteiger partial charge is 0.317 e. The number of fused-ring (bicyclic) bond motifs is 1. The molecule has 0 spiro atoms. The van der Waals surface area contributed by atoms with Gasteiger partial charge >= 0.3 is 6.03 Å². The van der Waals surface area contributed by atoms with E-state index in [0.717, 1.165) is 39.0 Å². The molecule has 1 unspecified atom stereocenters. The predicted molar refractivity (Wildman–Crippen MR) is 97.2 cm³/mol. The summed E-state index contributed by atoms with van der Waals surface area (Å²) < 4.78 is 0. The highest BCUT2D eigenvalue weighted by atomic mass is 16.2. The van der Waals surface area contributed by atoms with Gasteiger partial charge in [-0.1, -0.05) is 24.3 Å². The molecule has 1 saturated heterocycles. The third-order valence-electron chi connectivity index (χ3n) is 5.16. The highest BCUT2D eigenvalue weighted by molar-refractivity contribution is 5.78. The molecule has 0 aromatic heterocycles. The van der Waals surface area contributed by atoms with Crippen LogP contribution < -0.4 is 10.6 Å². The van der Waals surface area contributed by atoms with Crippen molar-refractivity contribution in [1.82, 2.24) is 20.4 Å². The standard InChI is InChI=1S/C19H28N4O2/c1-20-12-15-7-10-22(13-15)18(24)6-9-21-19(25)23-11-8-16-4-2-3-5-17(16)14-23/h2-5,15,20H,6-14H2,1H3,(H,21,25). The van der Waals surface area contributed by atoms with Crippen molar-refractivity contribution >= 4 is 11.9 Å². The number of nitrogens with one attached hydrogen (secondary N) is 2. The molecule has 0 saturated carbocycles. The fourth-order valence-electron chi connectivity index (χ4n) is 3.73. The summed E-state index contributed by atoms with van der Waals surface area (Å²) in [6.45, 7) is 4.40. The van der Waals surface area contributed by atoms with E-state index >= 15 is 0 Å². The van der Waals surface area contributed by atoms with Crippen LogP contribution in [0.5, 0.6) is 0 Å². The molecule has 2 aliphatic rings. The predicted octanol–water partition coefficient (Wildman–Crippen LogP) is 1.21. The van der Waals surface area contributed by atoms with Crippen LogP contribution in [0.1, 0.15) is 24.0 Å². The number of likely N-dealkylation sites (tertiary alicyclic amines) is 1. The maximum Gasteiger partial charge on any atom is 0.317 e. The molecule has 25 heavy (non-hydrogen) atoms. The SMILES string of the molecule is CNCC1CCN(C(=O)CCNC(=O)N2CCc3ccccc3C2)C1. The summed E-state index contributed by atoms with van der Waals surface area (Å²) in [6.07, 6.45) is 2.33. The Morgan fingerprint density at radius 2 is 1.96 bits per heavy atom.